The minimum atomic E-state index is -0.635. The molecule has 0 unspecified atom stereocenters. The molecule has 0 radical (unpaired) electrons. The van der Waals surface area contributed by atoms with Crippen LogP contribution in [0.3, 0.4) is 0 Å². The van der Waals surface area contributed by atoms with Gasteiger partial charge in [0.05, 0.1) is 6.61 Å². The van der Waals surface area contributed by atoms with E-state index in [9.17, 15) is 4.79 Å². The van der Waals surface area contributed by atoms with Crippen molar-refractivity contribution in [2.24, 2.45) is 0 Å². The highest BCUT2D eigenvalue weighted by molar-refractivity contribution is 5.85. The molecule has 0 spiro atoms. The van der Waals surface area contributed by atoms with Gasteiger partial charge in [0.25, 0.3) is 0 Å². The van der Waals surface area contributed by atoms with Gasteiger partial charge in [-0.1, -0.05) is 45.9 Å². The van der Waals surface area contributed by atoms with Crippen LogP contribution in [0.2, 0.25) is 0 Å². The molecule has 6 nitrogen and oxygen atoms in total. The number of rotatable bonds is 8. The van der Waals surface area contributed by atoms with Gasteiger partial charge in [0, 0.05) is 39.3 Å². The van der Waals surface area contributed by atoms with Crippen molar-refractivity contribution >= 4 is 18.6 Å². The van der Waals surface area contributed by atoms with Crippen molar-refractivity contribution in [1.82, 2.24) is 9.80 Å². The van der Waals surface area contributed by atoms with Crippen LogP contribution < -0.4 is 4.74 Å². The fourth-order valence-electron chi connectivity index (χ4n) is 3.35. The van der Waals surface area contributed by atoms with Crippen LogP contribution in [0.1, 0.15) is 50.7 Å². The summed E-state index contributed by atoms with van der Waals surface area (Å²) in [7, 11) is 0. The van der Waals surface area contributed by atoms with Crippen molar-refractivity contribution in [3.8, 4) is 5.75 Å². The number of hydrogen-bond donors (Lipinski definition) is 1. The maximum absolute atomic E-state index is 12.2. The highest BCUT2D eigenvalue weighted by Crippen LogP contribution is 2.34. The van der Waals surface area contributed by atoms with Crippen LogP contribution in [0.4, 0.5) is 4.79 Å². The number of piperazine rings is 1. The van der Waals surface area contributed by atoms with E-state index in [4.69, 9.17) is 14.6 Å². The number of para-hydroxylation sites is 1. The van der Waals surface area contributed by atoms with Gasteiger partial charge < -0.3 is 14.6 Å². The van der Waals surface area contributed by atoms with E-state index in [0.29, 0.717) is 18.9 Å². The Kier molecular flexibility index (Phi) is 10.8. The molecule has 1 aliphatic heterocycles. The number of aliphatic hydroxyl groups is 1. The van der Waals surface area contributed by atoms with E-state index in [1.165, 1.54) is 0 Å². The van der Waals surface area contributed by atoms with Gasteiger partial charge in [-0.3, -0.25) is 9.80 Å². The van der Waals surface area contributed by atoms with Crippen molar-refractivity contribution in [1.29, 1.82) is 0 Å². The van der Waals surface area contributed by atoms with Gasteiger partial charge in [-0.15, -0.1) is 12.4 Å². The normalized spacial score (nSPS) is 15.5. The molecule has 0 bridgehead atoms. The summed E-state index contributed by atoms with van der Waals surface area (Å²) in [6, 6.07) is 6.02. The van der Waals surface area contributed by atoms with Crippen LogP contribution in [0.5, 0.6) is 5.75 Å². The molecule has 0 amide bonds. The molecule has 28 heavy (non-hydrogen) atoms. The summed E-state index contributed by atoms with van der Waals surface area (Å²) in [6.07, 6.45) is -0.635. The maximum atomic E-state index is 12.2. The van der Waals surface area contributed by atoms with E-state index in [-0.39, 0.29) is 30.8 Å². The molecule has 0 saturated carbocycles. The Hall–Kier alpha value is -1.34. The first-order chi connectivity index (χ1) is 12.9. The Morgan fingerprint density at radius 3 is 1.96 bits per heavy atom. The lowest BCUT2D eigenvalue weighted by Gasteiger charge is -2.34. The molecular formula is C21H35ClN2O4. The van der Waals surface area contributed by atoms with Crippen LogP contribution in [0.15, 0.2) is 18.2 Å². The third-order valence-corrected chi connectivity index (χ3v) is 5.01. The molecule has 7 heteroatoms. The van der Waals surface area contributed by atoms with Gasteiger partial charge in [0.1, 0.15) is 12.4 Å². The van der Waals surface area contributed by atoms with Crippen LogP contribution in [0, 0.1) is 0 Å². The summed E-state index contributed by atoms with van der Waals surface area (Å²) >= 11 is 0. The minimum Gasteiger partial charge on any atom is -0.433 e. The average Bonchev–Trinajstić information content (AvgIpc) is 2.63. The summed E-state index contributed by atoms with van der Waals surface area (Å²) < 4.78 is 11.0. The number of carbonyl (C=O) groups is 1. The highest BCUT2D eigenvalue weighted by Gasteiger charge is 2.20. The SMILES string of the molecule is CC(C)c1cccc(C(C)C)c1OC(=O)OCCN1CCN(CCO)CC1.Cl. The van der Waals surface area contributed by atoms with Gasteiger partial charge >= 0.3 is 6.16 Å². The Labute approximate surface area is 175 Å². The molecule has 1 aromatic carbocycles. The summed E-state index contributed by atoms with van der Waals surface area (Å²) in [4.78, 5) is 16.7. The van der Waals surface area contributed by atoms with Crippen molar-refractivity contribution in [3.63, 3.8) is 0 Å². The fraction of sp³-hybridized carbons (Fsp3) is 0.667. The molecule has 2 rings (SSSR count). The monoisotopic (exact) mass is 414 g/mol. The zero-order valence-electron chi connectivity index (χ0n) is 17.5. The molecule has 1 aromatic rings. The van der Waals surface area contributed by atoms with Gasteiger partial charge in [0.15, 0.2) is 0 Å². The molecule has 0 atom stereocenters. The second kappa shape index (κ2) is 12.3. The smallest absolute Gasteiger partial charge is 0.433 e. The molecule has 1 fully saturated rings. The summed E-state index contributed by atoms with van der Waals surface area (Å²) in [5.74, 6) is 1.17. The number of nitrogens with zero attached hydrogens (tertiary/aromatic N) is 2. The van der Waals surface area contributed by atoms with E-state index in [2.05, 4.69) is 37.5 Å². The number of aliphatic hydroxyl groups excluding tert-OH is 1. The molecule has 1 aliphatic rings. The van der Waals surface area contributed by atoms with E-state index in [0.717, 1.165) is 43.9 Å². The van der Waals surface area contributed by atoms with Crippen molar-refractivity contribution in [3.05, 3.63) is 29.3 Å². The number of hydrogen-bond acceptors (Lipinski definition) is 6. The molecule has 0 aliphatic carbocycles. The number of β-amino-alcohol motifs (C(OH)–C–C–N with tert-alkyl or cyclic N) is 1. The highest BCUT2D eigenvalue weighted by atomic mass is 35.5. The first-order valence-corrected chi connectivity index (χ1v) is 9.95. The van der Waals surface area contributed by atoms with Gasteiger partial charge in [0.2, 0.25) is 0 Å². The largest absolute Gasteiger partial charge is 0.513 e. The van der Waals surface area contributed by atoms with E-state index in [1.807, 2.05) is 18.2 Å². The third-order valence-electron chi connectivity index (χ3n) is 5.01. The molecule has 1 heterocycles. The minimum absolute atomic E-state index is 0. The molecule has 0 aromatic heterocycles. The lowest BCUT2D eigenvalue weighted by atomic mass is 9.94. The number of ether oxygens (including phenoxy) is 2. The first kappa shape index (κ1) is 24.7. The Morgan fingerprint density at radius 2 is 1.50 bits per heavy atom. The van der Waals surface area contributed by atoms with E-state index >= 15 is 0 Å². The van der Waals surface area contributed by atoms with Crippen molar-refractivity contribution < 1.29 is 19.4 Å². The number of benzene rings is 1. The Balaban J connectivity index is 0.00000392. The topological polar surface area (TPSA) is 62.2 Å². The van der Waals surface area contributed by atoms with E-state index in [1.54, 1.807) is 0 Å². The summed E-state index contributed by atoms with van der Waals surface area (Å²) in [5.41, 5.74) is 2.05. The molecule has 160 valence electrons. The van der Waals surface area contributed by atoms with Crippen LogP contribution in [0.25, 0.3) is 0 Å². The number of halogens is 1. The third kappa shape index (κ3) is 7.24. The summed E-state index contributed by atoms with van der Waals surface area (Å²) in [6.45, 7) is 14.0. The average molecular weight is 415 g/mol. The number of carbonyl (C=O) groups excluding carboxylic acids is 1. The van der Waals surface area contributed by atoms with Gasteiger partial charge in [-0.2, -0.15) is 0 Å². The summed E-state index contributed by atoms with van der Waals surface area (Å²) in [5, 5.41) is 8.99. The lowest BCUT2D eigenvalue weighted by molar-refractivity contribution is 0.0682. The molecular weight excluding hydrogens is 380 g/mol. The Bertz CT molecular complexity index is 576. The zero-order chi connectivity index (χ0) is 19.8. The van der Waals surface area contributed by atoms with Crippen molar-refractivity contribution in [2.45, 2.75) is 39.5 Å². The second-order valence-electron chi connectivity index (χ2n) is 7.68. The predicted molar refractivity (Wildman–Crippen MR) is 114 cm³/mol. The van der Waals surface area contributed by atoms with Gasteiger partial charge in [-0.25, -0.2) is 4.79 Å². The molecule has 1 saturated heterocycles. The molecule has 1 N–H and O–H groups in total. The first-order valence-electron chi connectivity index (χ1n) is 9.95. The van der Waals surface area contributed by atoms with Crippen LogP contribution in [-0.4, -0.2) is 73.5 Å². The zero-order valence-corrected chi connectivity index (χ0v) is 18.3. The van der Waals surface area contributed by atoms with E-state index < -0.39 is 6.16 Å². The van der Waals surface area contributed by atoms with Crippen LogP contribution >= 0.6 is 12.4 Å². The predicted octanol–water partition coefficient (Wildman–Crippen LogP) is 3.48. The Morgan fingerprint density at radius 1 is 1.00 bits per heavy atom. The second-order valence-corrected chi connectivity index (χ2v) is 7.68. The standard InChI is InChI=1S/C21H34N2O4.ClH/c1-16(2)18-6-5-7-19(17(3)4)20(18)27-21(25)26-15-13-23-10-8-22(9-11-23)12-14-24;/h5-7,16-17,24H,8-15H2,1-4H3;1H. The lowest BCUT2D eigenvalue weighted by Crippen LogP contribution is -2.48. The van der Waals surface area contributed by atoms with Crippen LogP contribution in [-0.2, 0) is 4.74 Å². The fourth-order valence-corrected chi connectivity index (χ4v) is 3.35. The quantitative estimate of drug-likeness (QED) is 0.519. The van der Waals surface area contributed by atoms with Crippen molar-refractivity contribution in [2.75, 3.05) is 52.5 Å². The van der Waals surface area contributed by atoms with Gasteiger partial charge in [-0.05, 0) is 23.0 Å². The maximum Gasteiger partial charge on any atom is 0.513 e.